The van der Waals surface area contributed by atoms with Gasteiger partial charge in [0.2, 0.25) is 0 Å². The third-order valence-corrected chi connectivity index (χ3v) is 2.79. The Labute approximate surface area is 100 Å². The van der Waals surface area contributed by atoms with E-state index in [0.717, 1.165) is 36.8 Å². The Morgan fingerprint density at radius 2 is 1.88 bits per heavy atom. The van der Waals surface area contributed by atoms with Crippen LogP contribution >= 0.6 is 0 Å². The normalized spacial score (nSPS) is 14.1. The van der Waals surface area contributed by atoms with E-state index in [4.69, 9.17) is 0 Å². The highest BCUT2D eigenvalue weighted by molar-refractivity contribution is 5.59. The summed E-state index contributed by atoms with van der Waals surface area (Å²) in [5, 5.41) is 0. The van der Waals surface area contributed by atoms with Crippen molar-refractivity contribution < 1.29 is 13.2 Å². The van der Waals surface area contributed by atoms with Gasteiger partial charge in [-0.2, -0.15) is 13.2 Å². The predicted octanol–water partition coefficient (Wildman–Crippen LogP) is 4.11. The molecule has 1 nitrogen and oxygen atoms in total. The zero-order valence-corrected chi connectivity index (χ0v) is 10.4. The van der Waals surface area contributed by atoms with Crippen molar-refractivity contribution in [2.24, 2.45) is 0 Å². The van der Waals surface area contributed by atoms with Crippen molar-refractivity contribution in [2.45, 2.75) is 33.4 Å². The molecule has 1 aliphatic rings. The monoisotopic (exact) mass is 245 g/mol. The number of rotatable bonds is 1. The van der Waals surface area contributed by atoms with Gasteiger partial charge in [-0.25, -0.2) is 0 Å². The van der Waals surface area contributed by atoms with Crippen LogP contribution < -0.4 is 4.90 Å². The van der Waals surface area contributed by atoms with Crippen molar-refractivity contribution in [3.05, 3.63) is 29.3 Å². The fraction of sp³-hybridized carbons (Fsp3) is 0.538. The fourth-order valence-corrected chi connectivity index (χ4v) is 1.95. The molecule has 0 spiro atoms. The van der Waals surface area contributed by atoms with Crippen molar-refractivity contribution in [3.63, 3.8) is 0 Å². The number of nitrogens with zero attached hydrogens (tertiary/aromatic N) is 1. The summed E-state index contributed by atoms with van der Waals surface area (Å²) in [6.07, 6.45) is -3.39. The molecule has 96 valence electrons. The lowest BCUT2D eigenvalue weighted by Crippen LogP contribution is -2.19. The molecule has 0 radical (unpaired) electrons. The van der Waals surface area contributed by atoms with Crippen LogP contribution in [-0.2, 0) is 12.6 Å². The first-order valence-corrected chi connectivity index (χ1v) is 5.97. The smallest absolute Gasteiger partial charge is 0.371 e. The number of benzene rings is 1. The Kier molecular flexibility index (Phi) is 4.43. The molecule has 0 aromatic heterocycles. The topological polar surface area (TPSA) is 3.24 Å². The Balaban J connectivity index is 0.000000686. The van der Waals surface area contributed by atoms with E-state index in [2.05, 4.69) is 0 Å². The SMILES string of the molecule is CC.CCN1CCc2ccc(C(F)(F)F)cc21. The molecule has 1 heterocycles. The zero-order valence-electron chi connectivity index (χ0n) is 10.4. The van der Waals surface area contributed by atoms with Gasteiger partial charge < -0.3 is 4.90 Å². The maximum atomic E-state index is 12.5. The van der Waals surface area contributed by atoms with Crippen molar-refractivity contribution in [3.8, 4) is 0 Å². The number of hydrogen-bond acceptors (Lipinski definition) is 1. The van der Waals surface area contributed by atoms with E-state index in [1.165, 1.54) is 6.07 Å². The van der Waals surface area contributed by atoms with Crippen LogP contribution in [0.15, 0.2) is 18.2 Å². The summed E-state index contributed by atoms with van der Waals surface area (Å²) in [4.78, 5) is 1.98. The second-order valence-corrected chi connectivity index (χ2v) is 3.67. The van der Waals surface area contributed by atoms with E-state index in [1.54, 1.807) is 6.07 Å². The molecule has 0 unspecified atom stereocenters. The summed E-state index contributed by atoms with van der Waals surface area (Å²) in [7, 11) is 0. The zero-order chi connectivity index (χ0) is 13.1. The third-order valence-electron chi connectivity index (χ3n) is 2.79. The number of halogens is 3. The number of likely N-dealkylation sites (N-methyl/N-ethyl adjacent to an activating group) is 1. The molecule has 0 atom stereocenters. The average Bonchev–Trinajstić information content (AvgIpc) is 2.72. The molecule has 0 amide bonds. The molecule has 2 rings (SSSR count). The van der Waals surface area contributed by atoms with E-state index in [-0.39, 0.29) is 0 Å². The lowest BCUT2D eigenvalue weighted by Gasteiger charge is -2.17. The minimum absolute atomic E-state index is 0.554. The fourth-order valence-electron chi connectivity index (χ4n) is 1.95. The van der Waals surface area contributed by atoms with E-state index in [1.807, 2.05) is 25.7 Å². The summed E-state index contributed by atoms with van der Waals surface area (Å²) in [6, 6.07) is 4.01. The Morgan fingerprint density at radius 3 is 2.41 bits per heavy atom. The number of fused-ring (bicyclic) bond motifs is 1. The first-order valence-electron chi connectivity index (χ1n) is 5.97. The van der Waals surface area contributed by atoms with Crippen molar-refractivity contribution in [2.75, 3.05) is 18.0 Å². The second kappa shape index (κ2) is 5.43. The van der Waals surface area contributed by atoms with Crippen LogP contribution in [0.3, 0.4) is 0 Å². The van der Waals surface area contributed by atoms with Crippen molar-refractivity contribution in [1.82, 2.24) is 0 Å². The summed E-state index contributed by atoms with van der Waals surface area (Å²) < 4.78 is 37.4. The lowest BCUT2D eigenvalue weighted by molar-refractivity contribution is -0.137. The van der Waals surface area contributed by atoms with Gasteiger partial charge in [0.05, 0.1) is 5.56 Å². The molecule has 1 aromatic rings. The van der Waals surface area contributed by atoms with Crippen LogP contribution in [-0.4, -0.2) is 13.1 Å². The molecular formula is C13H18F3N. The summed E-state index contributed by atoms with van der Waals surface area (Å²) in [5.74, 6) is 0. The van der Waals surface area contributed by atoms with Gasteiger partial charge in [0.15, 0.2) is 0 Å². The van der Waals surface area contributed by atoms with Crippen LogP contribution in [0.5, 0.6) is 0 Å². The lowest BCUT2D eigenvalue weighted by atomic mass is 10.1. The Morgan fingerprint density at radius 1 is 1.24 bits per heavy atom. The maximum absolute atomic E-state index is 12.5. The van der Waals surface area contributed by atoms with Gasteiger partial charge in [-0.1, -0.05) is 19.9 Å². The Bertz CT molecular complexity index is 371. The highest BCUT2D eigenvalue weighted by Crippen LogP contribution is 2.35. The molecule has 0 aliphatic carbocycles. The summed E-state index contributed by atoms with van der Waals surface area (Å²) >= 11 is 0. The van der Waals surface area contributed by atoms with Crippen LogP contribution in [0, 0.1) is 0 Å². The molecule has 1 aromatic carbocycles. The number of anilines is 1. The van der Waals surface area contributed by atoms with Crippen molar-refractivity contribution in [1.29, 1.82) is 0 Å². The van der Waals surface area contributed by atoms with E-state index >= 15 is 0 Å². The van der Waals surface area contributed by atoms with Crippen LogP contribution in [0.25, 0.3) is 0 Å². The van der Waals surface area contributed by atoms with Crippen molar-refractivity contribution >= 4 is 5.69 Å². The van der Waals surface area contributed by atoms with E-state index < -0.39 is 11.7 Å². The molecule has 1 aliphatic heterocycles. The summed E-state index contributed by atoms with van der Waals surface area (Å²) in [5.41, 5.74) is 1.21. The molecule has 0 saturated heterocycles. The van der Waals surface area contributed by atoms with Gasteiger partial charge in [-0.3, -0.25) is 0 Å². The Hall–Kier alpha value is -1.19. The molecule has 0 bridgehead atoms. The minimum Gasteiger partial charge on any atom is -0.371 e. The number of hydrogen-bond donors (Lipinski definition) is 0. The van der Waals surface area contributed by atoms with Crippen LogP contribution in [0.1, 0.15) is 31.9 Å². The van der Waals surface area contributed by atoms with Gasteiger partial charge in [0.25, 0.3) is 0 Å². The third kappa shape index (κ3) is 2.93. The predicted molar refractivity (Wildman–Crippen MR) is 64.4 cm³/mol. The van der Waals surface area contributed by atoms with Gasteiger partial charge in [-0.05, 0) is 31.0 Å². The molecule has 0 N–H and O–H groups in total. The van der Waals surface area contributed by atoms with Gasteiger partial charge in [0, 0.05) is 18.8 Å². The first kappa shape index (κ1) is 13.9. The molecule has 0 fully saturated rings. The molecule has 17 heavy (non-hydrogen) atoms. The first-order chi connectivity index (χ1) is 8.02. The van der Waals surface area contributed by atoms with Gasteiger partial charge >= 0.3 is 6.18 Å². The van der Waals surface area contributed by atoms with Gasteiger partial charge in [-0.15, -0.1) is 0 Å². The average molecular weight is 245 g/mol. The molecule has 4 heteroatoms. The standard InChI is InChI=1S/C11H12F3N.C2H6/c1-2-15-6-5-8-3-4-9(7-10(8)15)11(12,13)14;1-2/h3-4,7H,2,5-6H2,1H3;1-2H3. The van der Waals surface area contributed by atoms with E-state index in [0.29, 0.717) is 0 Å². The van der Waals surface area contributed by atoms with E-state index in [9.17, 15) is 13.2 Å². The maximum Gasteiger partial charge on any atom is 0.416 e. The molecule has 0 saturated carbocycles. The van der Waals surface area contributed by atoms with Gasteiger partial charge in [0.1, 0.15) is 0 Å². The van der Waals surface area contributed by atoms with Crippen LogP contribution in [0.2, 0.25) is 0 Å². The quantitative estimate of drug-likeness (QED) is 0.719. The second-order valence-electron chi connectivity index (χ2n) is 3.67. The minimum atomic E-state index is -4.24. The molecular weight excluding hydrogens is 227 g/mol. The van der Waals surface area contributed by atoms with Crippen LogP contribution in [0.4, 0.5) is 18.9 Å². The number of alkyl halides is 3. The largest absolute Gasteiger partial charge is 0.416 e. The highest BCUT2D eigenvalue weighted by Gasteiger charge is 2.32. The summed E-state index contributed by atoms with van der Waals surface area (Å²) in [6.45, 7) is 7.54. The highest BCUT2D eigenvalue weighted by atomic mass is 19.4.